The van der Waals surface area contributed by atoms with Gasteiger partial charge in [-0.05, 0) is 5.56 Å². The molecule has 1 heterocycles. The lowest BCUT2D eigenvalue weighted by Crippen LogP contribution is -1.90. The Morgan fingerprint density at radius 1 is 1.25 bits per heavy atom. The Morgan fingerprint density at radius 2 is 2.00 bits per heavy atom. The Kier molecular flexibility index (Phi) is 3.82. The van der Waals surface area contributed by atoms with Gasteiger partial charge < -0.3 is 5.21 Å². The minimum Gasteiger partial charge on any atom is -0.411 e. The lowest BCUT2D eigenvalue weighted by atomic mass is 10.1. The monoisotopic (exact) mass is 267 g/mol. The fraction of sp³-hybridized carbons (Fsp3) is 0.0909. The van der Waals surface area contributed by atoms with Gasteiger partial charge >= 0.3 is 0 Å². The van der Waals surface area contributed by atoms with E-state index >= 15 is 0 Å². The number of benzene rings is 1. The summed E-state index contributed by atoms with van der Waals surface area (Å²) in [6.07, 6.45) is 2.25. The molecule has 0 saturated heterocycles. The Labute approximate surface area is 106 Å². The minimum absolute atomic E-state index is 0.793. The van der Waals surface area contributed by atoms with Crippen LogP contribution in [0.4, 0.5) is 0 Å². The van der Waals surface area contributed by atoms with E-state index in [9.17, 15) is 0 Å². The van der Waals surface area contributed by atoms with E-state index in [-0.39, 0.29) is 0 Å². The molecule has 0 unspecified atom stereocenters. The van der Waals surface area contributed by atoms with Crippen LogP contribution in [0.15, 0.2) is 35.5 Å². The van der Waals surface area contributed by atoms with E-state index in [1.54, 1.807) is 20.7 Å². The van der Waals surface area contributed by atoms with Gasteiger partial charge in [0.15, 0.2) is 0 Å². The number of nitrogens with zero attached hydrogens (tertiary/aromatic N) is 1. The van der Waals surface area contributed by atoms with Crippen LogP contribution in [0, 0.1) is 3.82 Å². The van der Waals surface area contributed by atoms with Crippen molar-refractivity contribution in [3.05, 3.63) is 50.2 Å². The predicted molar refractivity (Wildman–Crippen MR) is 71.7 cm³/mol. The smallest absolute Gasteiger partial charge is 0.106 e. The van der Waals surface area contributed by atoms with Crippen molar-refractivity contribution in [3.8, 4) is 0 Å². The second kappa shape index (κ2) is 5.34. The molecule has 0 saturated carbocycles. The number of hydrogen-bond acceptors (Lipinski definition) is 5. The summed E-state index contributed by atoms with van der Waals surface area (Å²) in [5.74, 6) is 0. The van der Waals surface area contributed by atoms with Crippen molar-refractivity contribution in [1.82, 2.24) is 0 Å². The van der Waals surface area contributed by atoms with Crippen LogP contribution in [0.3, 0.4) is 0 Å². The van der Waals surface area contributed by atoms with Gasteiger partial charge in [0.05, 0.1) is 11.1 Å². The summed E-state index contributed by atoms with van der Waals surface area (Å²) in [7, 11) is 3.09. The topological polar surface area (TPSA) is 32.6 Å². The van der Waals surface area contributed by atoms with Crippen LogP contribution in [-0.4, -0.2) is 11.4 Å². The van der Waals surface area contributed by atoms with E-state index in [1.807, 2.05) is 18.2 Å². The highest BCUT2D eigenvalue weighted by atomic mass is 32.9. The molecule has 0 aliphatic carbocycles. The summed E-state index contributed by atoms with van der Waals surface area (Å²) < 4.78 is 0.878. The third kappa shape index (κ3) is 2.55. The molecule has 2 nitrogen and oxygen atoms in total. The fourth-order valence-corrected chi connectivity index (χ4v) is 4.05. The minimum atomic E-state index is 0.793. The maximum absolute atomic E-state index is 8.57. The van der Waals surface area contributed by atoms with E-state index in [2.05, 4.69) is 17.3 Å². The molecule has 2 aromatic rings. The molecular formula is C11H9NOS3. The third-order valence-corrected chi connectivity index (χ3v) is 5.26. The first kappa shape index (κ1) is 11.4. The SMILES string of the molecule is O/N=C\c1ssc(=S)c1Cc1ccccc1. The molecule has 2 rings (SSSR count). The second-order valence-corrected chi connectivity index (χ2v) is 6.05. The van der Waals surface area contributed by atoms with E-state index < -0.39 is 0 Å². The van der Waals surface area contributed by atoms with Crippen LogP contribution in [-0.2, 0) is 6.42 Å². The van der Waals surface area contributed by atoms with Gasteiger partial charge in [0, 0.05) is 12.0 Å². The molecule has 0 radical (unpaired) electrons. The zero-order chi connectivity index (χ0) is 11.4. The van der Waals surface area contributed by atoms with Gasteiger partial charge in [-0.1, -0.05) is 68.4 Å². The molecule has 0 spiro atoms. The van der Waals surface area contributed by atoms with Crippen molar-refractivity contribution in [2.75, 3.05) is 0 Å². The van der Waals surface area contributed by atoms with Crippen molar-refractivity contribution in [2.24, 2.45) is 5.16 Å². The molecule has 0 atom stereocenters. The van der Waals surface area contributed by atoms with Crippen molar-refractivity contribution < 1.29 is 5.21 Å². The van der Waals surface area contributed by atoms with E-state index in [4.69, 9.17) is 17.4 Å². The molecule has 82 valence electrons. The molecule has 0 fully saturated rings. The summed E-state index contributed by atoms with van der Waals surface area (Å²) in [5, 5.41) is 11.6. The summed E-state index contributed by atoms with van der Waals surface area (Å²) in [4.78, 5) is 0.946. The van der Waals surface area contributed by atoms with E-state index in [1.165, 1.54) is 11.8 Å². The van der Waals surface area contributed by atoms with Crippen molar-refractivity contribution in [3.63, 3.8) is 0 Å². The van der Waals surface area contributed by atoms with Gasteiger partial charge in [-0.15, -0.1) is 0 Å². The molecule has 0 aliphatic rings. The van der Waals surface area contributed by atoms with Crippen LogP contribution >= 0.6 is 32.9 Å². The number of hydrogen-bond donors (Lipinski definition) is 1. The molecule has 0 amide bonds. The van der Waals surface area contributed by atoms with Crippen LogP contribution < -0.4 is 0 Å². The van der Waals surface area contributed by atoms with E-state index in [0.717, 1.165) is 20.7 Å². The Morgan fingerprint density at radius 3 is 2.69 bits per heavy atom. The van der Waals surface area contributed by atoms with Gasteiger partial charge in [-0.25, -0.2) is 0 Å². The number of oxime groups is 1. The Balaban J connectivity index is 2.34. The van der Waals surface area contributed by atoms with Gasteiger partial charge in [0.25, 0.3) is 0 Å². The molecule has 5 heteroatoms. The second-order valence-electron chi connectivity index (χ2n) is 3.20. The molecule has 0 bridgehead atoms. The van der Waals surface area contributed by atoms with Gasteiger partial charge in [0.2, 0.25) is 0 Å². The lowest BCUT2D eigenvalue weighted by molar-refractivity contribution is 0.322. The quantitative estimate of drug-likeness (QED) is 0.300. The van der Waals surface area contributed by atoms with Crippen LogP contribution in [0.1, 0.15) is 16.0 Å². The van der Waals surface area contributed by atoms with Gasteiger partial charge in [-0.2, -0.15) is 0 Å². The first-order chi connectivity index (χ1) is 7.81. The average molecular weight is 267 g/mol. The highest BCUT2D eigenvalue weighted by Gasteiger charge is 2.07. The maximum atomic E-state index is 8.57. The zero-order valence-corrected chi connectivity index (χ0v) is 10.7. The standard InChI is InChI=1S/C11H9NOS3/c13-12-7-10-9(11(14)16-15-10)6-8-4-2-1-3-5-8/h1-5,7,13H,6H2/b12-7-. The molecule has 1 aromatic heterocycles. The number of rotatable bonds is 3. The normalized spacial score (nSPS) is 11.0. The van der Waals surface area contributed by atoms with Crippen molar-refractivity contribution in [1.29, 1.82) is 0 Å². The molecule has 16 heavy (non-hydrogen) atoms. The Bertz CT molecular complexity index is 542. The van der Waals surface area contributed by atoms with Crippen LogP contribution in [0.5, 0.6) is 0 Å². The highest BCUT2D eigenvalue weighted by Crippen LogP contribution is 2.25. The molecular weight excluding hydrogens is 258 g/mol. The van der Waals surface area contributed by atoms with Crippen LogP contribution in [0.25, 0.3) is 0 Å². The average Bonchev–Trinajstić information content (AvgIpc) is 2.64. The summed E-state index contributed by atoms with van der Waals surface area (Å²) in [6, 6.07) is 10.1. The summed E-state index contributed by atoms with van der Waals surface area (Å²) >= 11 is 5.27. The molecule has 1 N–H and O–H groups in total. The lowest BCUT2D eigenvalue weighted by Gasteiger charge is -1.99. The predicted octanol–water partition coefficient (Wildman–Crippen LogP) is 3.94. The summed E-state index contributed by atoms with van der Waals surface area (Å²) in [5.41, 5.74) is 2.29. The zero-order valence-electron chi connectivity index (χ0n) is 8.29. The Hall–Kier alpha value is -1.04. The van der Waals surface area contributed by atoms with Crippen molar-refractivity contribution >= 4 is 39.1 Å². The first-order valence-corrected chi connectivity index (χ1v) is 7.20. The van der Waals surface area contributed by atoms with Gasteiger partial charge in [-0.3, -0.25) is 0 Å². The molecule has 1 aromatic carbocycles. The van der Waals surface area contributed by atoms with E-state index in [0.29, 0.717) is 0 Å². The third-order valence-electron chi connectivity index (χ3n) is 2.15. The van der Waals surface area contributed by atoms with Crippen LogP contribution in [0.2, 0.25) is 0 Å². The highest BCUT2D eigenvalue weighted by molar-refractivity contribution is 7.79. The van der Waals surface area contributed by atoms with Gasteiger partial charge in [0.1, 0.15) is 3.82 Å². The maximum Gasteiger partial charge on any atom is 0.106 e. The largest absolute Gasteiger partial charge is 0.411 e. The summed E-state index contributed by atoms with van der Waals surface area (Å²) in [6.45, 7) is 0. The first-order valence-electron chi connectivity index (χ1n) is 4.64. The van der Waals surface area contributed by atoms with Crippen molar-refractivity contribution in [2.45, 2.75) is 6.42 Å². The fourth-order valence-electron chi connectivity index (χ4n) is 1.40. The molecule has 0 aliphatic heterocycles.